The van der Waals surface area contributed by atoms with E-state index in [0.29, 0.717) is 16.1 Å². The molecule has 0 aliphatic heterocycles. The van der Waals surface area contributed by atoms with Gasteiger partial charge in [0.2, 0.25) is 10.0 Å². The lowest BCUT2D eigenvalue weighted by atomic mass is 10.2. The zero-order valence-electron chi connectivity index (χ0n) is 16.1. The summed E-state index contributed by atoms with van der Waals surface area (Å²) in [5.41, 5.74) is 0.627. The van der Waals surface area contributed by atoms with Gasteiger partial charge in [-0.05, 0) is 30.3 Å². The van der Waals surface area contributed by atoms with E-state index in [1.165, 1.54) is 49.7 Å². The minimum Gasteiger partial charge on any atom is -0.320 e. The summed E-state index contributed by atoms with van der Waals surface area (Å²) in [4.78, 5) is 4.73. The molecule has 3 rings (SSSR count). The van der Waals surface area contributed by atoms with Crippen molar-refractivity contribution in [3.8, 4) is 11.3 Å². The third-order valence-electron chi connectivity index (χ3n) is 4.31. The quantitative estimate of drug-likeness (QED) is 0.538. The summed E-state index contributed by atoms with van der Waals surface area (Å²) in [6.45, 7) is 0. The molecule has 5 nitrogen and oxygen atoms in total. The van der Waals surface area contributed by atoms with Crippen LogP contribution in [0.1, 0.15) is 5.56 Å². The largest absolute Gasteiger partial charge is 0.416 e. The second kappa shape index (κ2) is 8.18. The number of rotatable bonds is 4. The Morgan fingerprint density at radius 3 is 2.47 bits per heavy atom. The van der Waals surface area contributed by atoms with E-state index in [4.69, 9.17) is 11.6 Å². The molecule has 1 aromatic heterocycles. The summed E-state index contributed by atoms with van der Waals surface area (Å²) in [5, 5.41) is 1.85. The van der Waals surface area contributed by atoms with Gasteiger partial charge in [-0.1, -0.05) is 23.7 Å². The molecule has 0 unspecified atom stereocenters. The standard InChI is InChI=1S/C19H17ClF3N3O2S2/c1-25(2)30(27,28)17-9-12(7-8-15(17)20)16-11-29-18(26(16)3)24-14-6-4-5-13(10-14)19(21,22)23/h4-11H,1-3H3/b24-18+. The van der Waals surface area contributed by atoms with Crippen LogP contribution in [-0.2, 0) is 23.2 Å². The van der Waals surface area contributed by atoms with Crippen LogP contribution in [0.3, 0.4) is 0 Å². The third kappa shape index (κ3) is 4.46. The van der Waals surface area contributed by atoms with E-state index in [0.717, 1.165) is 16.4 Å². The molecule has 2 aromatic carbocycles. The Morgan fingerprint density at radius 1 is 1.13 bits per heavy atom. The van der Waals surface area contributed by atoms with Gasteiger partial charge in [0.25, 0.3) is 0 Å². The zero-order valence-corrected chi connectivity index (χ0v) is 18.5. The van der Waals surface area contributed by atoms with Crippen LogP contribution in [0.5, 0.6) is 0 Å². The molecule has 0 saturated carbocycles. The van der Waals surface area contributed by atoms with Crippen molar-refractivity contribution in [3.63, 3.8) is 0 Å². The Balaban J connectivity index is 2.08. The molecule has 0 atom stereocenters. The molecule has 3 aromatic rings. The lowest BCUT2D eigenvalue weighted by molar-refractivity contribution is -0.137. The Morgan fingerprint density at radius 2 is 1.83 bits per heavy atom. The van der Waals surface area contributed by atoms with Crippen molar-refractivity contribution >= 4 is 38.6 Å². The van der Waals surface area contributed by atoms with E-state index in [9.17, 15) is 21.6 Å². The van der Waals surface area contributed by atoms with Gasteiger partial charge < -0.3 is 4.57 Å². The van der Waals surface area contributed by atoms with Crippen molar-refractivity contribution in [2.45, 2.75) is 11.1 Å². The monoisotopic (exact) mass is 475 g/mol. The number of benzene rings is 2. The minimum absolute atomic E-state index is 0.0331. The second-order valence-electron chi connectivity index (χ2n) is 6.56. The van der Waals surface area contributed by atoms with Crippen molar-refractivity contribution in [2.75, 3.05) is 14.1 Å². The highest BCUT2D eigenvalue weighted by Gasteiger charge is 2.30. The first-order valence-electron chi connectivity index (χ1n) is 8.50. The van der Waals surface area contributed by atoms with E-state index in [2.05, 4.69) is 4.99 Å². The summed E-state index contributed by atoms with van der Waals surface area (Å²) < 4.78 is 66.5. The van der Waals surface area contributed by atoms with Gasteiger partial charge in [-0.2, -0.15) is 13.2 Å². The first kappa shape index (κ1) is 22.5. The molecule has 0 aliphatic carbocycles. The van der Waals surface area contributed by atoms with Crippen molar-refractivity contribution in [1.29, 1.82) is 0 Å². The fourth-order valence-corrected chi connectivity index (χ4v) is 4.97. The van der Waals surface area contributed by atoms with Crippen LogP contribution in [0.4, 0.5) is 18.9 Å². The van der Waals surface area contributed by atoms with Crippen LogP contribution in [0.15, 0.2) is 57.7 Å². The predicted molar refractivity (Wildman–Crippen MR) is 111 cm³/mol. The SMILES string of the molecule is CN(C)S(=O)(=O)c1cc(-c2cs/c(=N/c3cccc(C(F)(F)F)c3)n2C)ccc1Cl. The maximum atomic E-state index is 12.9. The number of hydrogen-bond acceptors (Lipinski definition) is 4. The summed E-state index contributed by atoms with van der Waals surface area (Å²) in [7, 11) is 0.779. The molecule has 0 fully saturated rings. The highest BCUT2D eigenvalue weighted by molar-refractivity contribution is 7.89. The maximum absolute atomic E-state index is 12.9. The fourth-order valence-electron chi connectivity index (χ4n) is 2.65. The highest BCUT2D eigenvalue weighted by Crippen LogP contribution is 2.32. The fraction of sp³-hybridized carbons (Fsp3) is 0.211. The molecule has 0 aliphatic rings. The van der Waals surface area contributed by atoms with Crippen LogP contribution in [0.2, 0.25) is 5.02 Å². The van der Waals surface area contributed by atoms with Gasteiger partial charge in [0.1, 0.15) is 4.90 Å². The Kier molecular flexibility index (Phi) is 6.15. The lowest BCUT2D eigenvalue weighted by Crippen LogP contribution is -2.22. The second-order valence-corrected chi connectivity index (χ2v) is 9.92. The lowest BCUT2D eigenvalue weighted by Gasteiger charge is -2.14. The normalized spacial score (nSPS) is 13.3. The van der Waals surface area contributed by atoms with Crippen molar-refractivity contribution in [3.05, 3.63) is 63.2 Å². The Bertz CT molecular complexity index is 1260. The van der Waals surface area contributed by atoms with Crippen LogP contribution in [0, 0.1) is 0 Å². The van der Waals surface area contributed by atoms with Gasteiger partial charge in [-0.15, -0.1) is 11.3 Å². The molecule has 11 heteroatoms. The molecular formula is C19H17ClF3N3O2S2. The summed E-state index contributed by atoms with van der Waals surface area (Å²) in [6, 6.07) is 9.38. The molecule has 0 radical (unpaired) electrons. The van der Waals surface area contributed by atoms with E-state index >= 15 is 0 Å². The number of alkyl halides is 3. The van der Waals surface area contributed by atoms with Crippen molar-refractivity contribution in [2.24, 2.45) is 12.0 Å². The molecule has 0 bridgehead atoms. The van der Waals surface area contributed by atoms with Crippen molar-refractivity contribution < 1.29 is 21.6 Å². The molecule has 1 heterocycles. The smallest absolute Gasteiger partial charge is 0.320 e. The third-order valence-corrected chi connectivity index (χ3v) is 7.52. The minimum atomic E-state index is -4.45. The first-order valence-corrected chi connectivity index (χ1v) is 11.2. The van der Waals surface area contributed by atoms with Gasteiger partial charge in [0.05, 0.1) is 22.0 Å². The van der Waals surface area contributed by atoms with Gasteiger partial charge in [-0.25, -0.2) is 17.7 Å². The average Bonchev–Trinajstić information content (AvgIpc) is 3.02. The maximum Gasteiger partial charge on any atom is 0.416 e. The summed E-state index contributed by atoms with van der Waals surface area (Å²) >= 11 is 7.32. The van der Waals surface area contributed by atoms with Crippen LogP contribution >= 0.6 is 22.9 Å². The molecule has 0 amide bonds. The highest BCUT2D eigenvalue weighted by atomic mass is 35.5. The van der Waals surface area contributed by atoms with Gasteiger partial charge >= 0.3 is 6.18 Å². The predicted octanol–water partition coefficient (Wildman–Crippen LogP) is 4.91. The van der Waals surface area contributed by atoms with Crippen LogP contribution in [-0.4, -0.2) is 31.4 Å². The van der Waals surface area contributed by atoms with Gasteiger partial charge in [0, 0.05) is 32.1 Å². The number of thiazole rings is 1. The topological polar surface area (TPSA) is 54.7 Å². The zero-order chi connectivity index (χ0) is 22.3. The molecule has 0 spiro atoms. The first-order chi connectivity index (χ1) is 13.9. The Labute approximate surface area is 180 Å². The molecule has 0 N–H and O–H groups in total. The molecule has 30 heavy (non-hydrogen) atoms. The number of aromatic nitrogens is 1. The van der Waals surface area contributed by atoms with Gasteiger partial charge in [0.15, 0.2) is 4.80 Å². The molecule has 0 saturated heterocycles. The molecule has 160 valence electrons. The number of hydrogen-bond donors (Lipinski definition) is 0. The number of halogens is 4. The van der Waals surface area contributed by atoms with E-state index in [-0.39, 0.29) is 15.6 Å². The van der Waals surface area contributed by atoms with E-state index in [1.807, 2.05) is 0 Å². The van der Waals surface area contributed by atoms with Crippen LogP contribution < -0.4 is 4.80 Å². The van der Waals surface area contributed by atoms with E-state index < -0.39 is 21.8 Å². The molecular weight excluding hydrogens is 459 g/mol. The van der Waals surface area contributed by atoms with Crippen molar-refractivity contribution in [1.82, 2.24) is 8.87 Å². The Hall–Kier alpha value is -2.14. The number of nitrogens with zero attached hydrogens (tertiary/aromatic N) is 3. The average molecular weight is 476 g/mol. The van der Waals surface area contributed by atoms with Crippen LogP contribution in [0.25, 0.3) is 11.3 Å². The summed E-state index contributed by atoms with van der Waals surface area (Å²) in [6.07, 6.45) is -4.45. The summed E-state index contributed by atoms with van der Waals surface area (Å²) in [5.74, 6) is 0. The number of sulfonamides is 1. The van der Waals surface area contributed by atoms with E-state index in [1.54, 1.807) is 23.1 Å². The van der Waals surface area contributed by atoms with Gasteiger partial charge in [-0.3, -0.25) is 0 Å².